The lowest BCUT2D eigenvalue weighted by molar-refractivity contribution is 0.282. The van der Waals surface area contributed by atoms with E-state index in [0.717, 1.165) is 30.4 Å². The van der Waals surface area contributed by atoms with Gasteiger partial charge < -0.3 is 15.7 Å². The predicted molar refractivity (Wildman–Crippen MR) is 70.3 cm³/mol. The fraction of sp³-hybridized carbons (Fsp3) is 0.667. The Morgan fingerprint density at radius 1 is 1.35 bits per heavy atom. The lowest BCUT2D eigenvalue weighted by Crippen LogP contribution is -2.18. The molecule has 0 bridgehead atoms. The lowest BCUT2D eigenvalue weighted by atomic mass is 10.2. The summed E-state index contributed by atoms with van der Waals surface area (Å²) in [5.41, 5.74) is 0. The maximum Gasteiger partial charge on any atom is 0.132 e. The molecule has 0 saturated heterocycles. The van der Waals surface area contributed by atoms with Gasteiger partial charge >= 0.3 is 0 Å². The number of aliphatic hydroxyl groups is 1. The highest BCUT2D eigenvalue weighted by Gasteiger charge is 2.05. The van der Waals surface area contributed by atoms with Gasteiger partial charge in [0.25, 0.3) is 0 Å². The maximum atomic E-state index is 8.85. The van der Waals surface area contributed by atoms with E-state index in [4.69, 9.17) is 5.11 Å². The van der Waals surface area contributed by atoms with Gasteiger partial charge in [-0.3, -0.25) is 0 Å². The first-order valence-corrected chi connectivity index (χ1v) is 6.12. The van der Waals surface area contributed by atoms with Crippen LogP contribution in [0.1, 0.15) is 32.5 Å². The molecule has 0 aromatic carbocycles. The average Bonchev–Trinajstić information content (AvgIpc) is 2.25. The minimum atomic E-state index is 0.180. The van der Waals surface area contributed by atoms with E-state index < -0.39 is 0 Å². The van der Waals surface area contributed by atoms with Crippen molar-refractivity contribution in [1.82, 2.24) is 9.97 Å². The second-order valence-corrected chi connectivity index (χ2v) is 4.17. The summed E-state index contributed by atoms with van der Waals surface area (Å²) in [5, 5.41) is 15.3. The van der Waals surface area contributed by atoms with Gasteiger partial charge in [-0.25, -0.2) is 9.97 Å². The molecule has 1 unspecified atom stereocenters. The van der Waals surface area contributed by atoms with Crippen LogP contribution in [0, 0.1) is 6.92 Å². The second-order valence-electron chi connectivity index (χ2n) is 4.17. The van der Waals surface area contributed by atoms with Gasteiger partial charge in [0, 0.05) is 25.3 Å². The predicted octanol–water partition coefficient (Wildman–Crippen LogP) is 1.79. The SMILES string of the molecule is CCCNc1cc(NC(C)CCO)nc(C)n1. The number of hydrogen-bond acceptors (Lipinski definition) is 5. The van der Waals surface area contributed by atoms with E-state index in [1.54, 1.807) is 0 Å². The van der Waals surface area contributed by atoms with Crippen molar-refractivity contribution in [2.75, 3.05) is 23.8 Å². The summed E-state index contributed by atoms with van der Waals surface area (Å²) in [6.45, 7) is 7.09. The van der Waals surface area contributed by atoms with Crippen LogP contribution in [0.2, 0.25) is 0 Å². The molecule has 0 aliphatic heterocycles. The topological polar surface area (TPSA) is 70.1 Å². The van der Waals surface area contributed by atoms with Crippen LogP contribution in [0.5, 0.6) is 0 Å². The Hall–Kier alpha value is -1.36. The van der Waals surface area contributed by atoms with Crippen LogP contribution in [0.15, 0.2) is 6.07 Å². The molecule has 1 aromatic heterocycles. The van der Waals surface area contributed by atoms with Gasteiger partial charge in [-0.2, -0.15) is 0 Å². The van der Waals surface area contributed by atoms with Crippen LogP contribution in [-0.2, 0) is 0 Å². The van der Waals surface area contributed by atoms with Gasteiger partial charge in [-0.05, 0) is 26.7 Å². The number of aliphatic hydroxyl groups excluding tert-OH is 1. The van der Waals surface area contributed by atoms with Gasteiger partial charge in [0.1, 0.15) is 17.5 Å². The number of aromatic nitrogens is 2. The Kier molecular flexibility index (Phi) is 5.69. The van der Waals surface area contributed by atoms with E-state index in [1.807, 2.05) is 19.9 Å². The Labute approximate surface area is 103 Å². The molecule has 0 spiro atoms. The Balaban J connectivity index is 2.67. The summed E-state index contributed by atoms with van der Waals surface area (Å²) in [5.74, 6) is 2.39. The molecule has 96 valence electrons. The highest BCUT2D eigenvalue weighted by Crippen LogP contribution is 2.12. The number of hydrogen-bond donors (Lipinski definition) is 3. The summed E-state index contributed by atoms with van der Waals surface area (Å²) in [6.07, 6.45) is 1.77. The van der Waals surface area contributed by atoms with Gasteiger partial charge in [-0.15, -0.1) is 0 Å². The number of aryl methyl sites for hydroxylation is 1. The zero-order chi connectivity index (χ0) is 12.7. The molecule has 0 amide bonds. The van der Waals surface area contributed by atoms with E-state index in [0.29, 0.717) is 6.42 Å². The maximum absolute atomic E-state index is 8.85. The number of nitrogens with one attached hydrogen (secondary N) is 2. The van der Waals surface area contributed by atoms with E-state index in [9.17, 15) is 0 Å². The van der Waals surface area contributed by atoms with Gasteiger partial charge in [-0.1, -0.05) is 6.92 Å². The molecule has 5 nitrogen and oxygen atoms in total. The Morgan fingerprint density at radius 3 is 2.71 bits per heavy atom. The van der Waals surface area contributed by atoms with Crippen molar-refractivity contribution in [3.8, 4) is 0 Å². The van der Waals surface area contributed by atoms with Crippen LogP contribution in [0.25, 0.3) is 0 Å². The molecule has 3 N–H and O–H groups in total. The normalized spacial score (nSPS) is 12.2. The highest BCUT2D eigenvalue weighted by atomic mass is 16.3. The molecular formula is C12H22N4O. The quantitative estimate of drug-likeness (QED) is 0.675. The number of rotatable bonds is 7. The van der Waals surface area contributed by atoms with E-state index in [2.05, 4.69) is 27.5 Å². The molecule has 0 aliphatic carbocycles. The first kappa shape index (κ1) is 13.7. The standard InChI is InChI=1S/C12H22N4O/c1-4-6-13-11-8-12(16-10(3)15-11)14-9(2)5-7-17/h8-9,17H,4-7H2,1-3H3,(H2,13,14,15,16). The third-order valence-corrected chi connectivity index (χ3v) is 2.35. The van der Waals surface area contributed by atoms with Crippen LogP contribution in [0.4, 0.5) is 11.6 Å². The van der Waals surface area contributed by atoms with Crippen molar-refractivity contribution in [2.45, 2.75) is 39.7 Å². The fourth-order valence-electron chi connectivity index (χ4n) is 1.50. The highest BCUT2D eigenvalue weighted by molar-refractivity contribution is 5.47. The van der Waals surface area contributed by atoms with Crippen LogP contribution >= 0.6 is 0 Å². The number of nitrogens with zero attached hydrogens (tertiary/aromatic N) is 2. The summed E-state index contributed by atoms with van der Waals surface area (Å²) >= 11 is 0. The van der Waals surface area contributed by atoms with Crippen molar-refractivity contribution in [1.29, 1.82) is 0 Å². The average molecular weight is 238 g/mol. The van der Waals surface area contributed by atoms with Crippen molar-refractivity contribution < 1.29 is 5.11 Å². The first-order valence-electron chi connectivity index (χ1n) is 6.12. The first-order chi connectivity index (χ1) is 8.15. The van der Waals surface area contributed by atoms with Crippen molar-refractivity contribution >= 4 is 11.6 Å². The van der Waals surface area contributed by atoms with Crippen molar-refractivity contribution in [3.05, 3.63) is 11.9 Å². The van der Waals surface area contributed by atoms with Crippen LogP contribution in [-0.4, -0.2) is 34.3 Å². The molecule has 1 rings (SSSR count). The third-order valence-electron chi connectivity index (χ3n) is 2.35. The fourth-order valence-corrected chi connectivity index (χ4v) is 1.50. The Morgan fingerprint density at radius 2 is 2.06 bits per heavy atom. The van der Waals surface area contributed by atoms with Crippen LogP contribution < -0.4 is 10.6 Å². The zero-order valence-corrected chi connectivity index (χ0v) is 10.8. The minimum Gasteiger partial charge on any atom is -0.396 e. The largest absolute Gasteiger partial charge is 0.396 e. The third kappa shape index (κ3) is 4.99. The molecule has 0 saturated carbocycles. The molecule has 0 fully saturated rings. The Bertz CT molecular complexity index is 343. The molecule has 5 heteroatoms. The van der Waals surface area contributed by atoms with Crippen molar-refractivity contribution in [2.24, 2.45) is 0 Å². The second kappa shape index (κ2) is 7.06. The molecule has 0 aliphatic rings. The van der Waals surface area contributed by atoms with E-state index >= 15 is 0 Å². The van der Waals surface area contributed by atoms with E-state index in [1.165, 1.54) is 0 Å². The molecule has 0 radical (unpaired) electrons. The summed E-state index contributed by atoms with van der Waals surface area (Å²) in [4.78, 5) is 8.63. The smallest absolute Gasteiger partial charge is 0.132 e. The summed E-state index contributed by atoms with van der Waals surface area (Å²) < 4.78 is 0. The molecule has 1 atom stereocenters. The molecule has 17 heavy (non-hydrogen) atoms. The van der Waals surface area contributed by atoms with Crippen LogP contribution in [0.3, 0.4) is 0 Å². The summed E-state index contributed by atoms with van der Waals surface area (Å²) in [6, 6.07) is 2.10. The number of anilines is 2. The summed E-state index contributed by atoms with van der Waals surface area (Å²) in [7, 11) is 0. The van der Waals surface area contributed by atoms with Gasteiger partial charge in [0.2, 0.25) is 0 Å². The molecule has 1 heterocycles. The molecule has 1 aromatic rings. The monoisotopic (exact) mass is 238 g/mol. The van der Waals surface area contributed by atoms with E-state index in [-0.39, 0.29) is 12.6 Å². The molecular weight excluding hydrogens is 216 g/mol. The lowest BCUT2D eigenvalue weighted by Gasteiger charge is -2.14. The minimum absolute atomic E-state index is 0.180. The van der Waals surface area contributed by atoms with Gasteiger partial charge in [0.05, 0.1) is 0 Å². The van der Waals surface area contributed by atoms with Crippen molar-refractivity contribution in [3.63, 3.8) is 0 Å². The van der Waals surface area contributed by atoms with Gasteiger partial charge in [0.15, 0.2) is 0 Å². The zero-order valence-electron chi connectivity index (χ0n) is 10.8.